The van der Waals surface area contributed by atoms with Crippen LogP contribution in [0.3, 0.4) is 0 Å². The first-order chi connectivity index (χ1) is 13.8. The lowest BCUT2D eigenvalue weighted by Crippen LogP contribution is -2.12. The van der Waals surface area contributed by atoms with Gasteiger partial charge >= 0.3 is 0 Å². The fraction of sp³-hybridized carbons (Fsp3) is 0.0435. The number of nitrogens with zero attached hydrogens (tertiary/aromatic N) is 3. The van der Waals surface area contributed by atoms with Crippen LogP contribution in [0.5, 0.6) is 0 Å². The van der Waals surface area contributed by atoms with Crippen LogP contribution in [0.15, 0.2) is 84.1 Å². The van der Waals surface area contributed by atoms with Crippen molar-refractivity contribution in [3.8, 4) is 11.1 Å². The molecular weight excluding hydrogens is 348 g/mol. The van der Waals surface area contributed by atoms with Gasteiger partial charge in [-0.05, 0) is 35.9 Å². The number of aliphatic imine (C=N–C) groups is 1. The summed E-state index contributed by atoms with van der Waals surface area (Å²) in [4.78, 5) is 25.8. The zero-order chi connectivity index (χ0) is 18.9. The summed E-state index contributed by atoms with van der Waals surface area (Å²) in [6.45, 7) is 0. The Labute approximate surface area is 161 Å². The summed E-state index contributed by atoms with van der Waals surface area (Å²) >= 11 is 0. The molecule has 134 valence electrons. The number of anilines is 1. The van der Waals surface area contributed by atoms with Crippen LogP contribution in [0.4, 0.5) is 11.5 Å². The molecule has 2 aromatic heterocycles. The molecular formula is C23H16N4O. The third kappa shape index (κ3) is 2.93. The van der Waals surface area contributed by atoms with Gasteiger partial charge in [0.15, 0.2) is 0 Å². The maximum absolute atomic E-state index is 12.5. The van der Waals surface area contributed by atoms with Crippen LogP contribution < -0.4 is 5.32 Å². The second-order valence-corrected chi connectivity index (χ2v) is 6.65. The van der Waals surface area contributed by atoms with Gasteiger partial charge in [-0.15, -0.1) is 0 Å². The fourth-order valence-corrected chi connectivity index (χ4v) is 3.40. The Kier molecular flexibility index (Phi) is 3.91. The Hall–Kier alpha value is -3.86. The number of carbonyl (C=O) groups is 1. The molecule has 0 fully saturated rings. The number of nitrogens with one attached hydrogen (secondary N) is 1. The minimum atomic E-state index is -0.462. The van der Waals surface area contributed by atoms with Gasteiger partial charge < -0.3 is 5.32 Å². The van der Waals surface area contributed by atoms with Crippen LogP contribution in [0.25, 0.3) is 22.0 Å². The lowest BCUT2D eigenvalue weighted by atomic mass is 9.99. The number of amides is 1. The predicted molar refractivity (Wildman–Crippen MR) is 111 cm³/mol. The van der Waals surface area contributed by atoms with Crippen molar-refractivity contribution >= 4 is 34.5 Å². The van der Waals surface area contributed by atoms with Gasteiger partial charge in [0.1, 0.15) is 11.7 Å². The summed E-state index contributed by atoms with van der Waals surface area (Å²) in [5, 5.41) is 3.86. The van der Waals surface area contributed by atoms with Crippen molar-refractivity contribution < 1.29 is 4.79 Å². The van der Waals surface area contributed by atoms with Crippen molar-refractivity contribution in [1.82, 2.24) is 9.97 Å². The summed E-state index contributed by atoms with van der Waals surface area (Å²) in [6.07, 6.45) is 5.24. The molecule has 0 saturated carbocycles. The second kappa shape index (κ2) is 6.70. The fourth-order valence-electron chi connectivity index (χ4n) is 3.40. The summed E-state index contributed by atoms with van der Waals surface area (Å²) in [6, 6.07) is 21.7. The first kappa shape index (κ1) is 16.3. The molecule has 1 atom stereocenters. The highest BCUT2D eigenvalue weighted by molar-refractivity contribution is 6.12. The average molecular weight is 364 g/mol. The standard InChI is InChI=1S/C23H16N4O/c28-23-20(14-25-18-8-9-21-16(11-18)7-4-10-24-21)19-12-17(13-26-22(19)27-23)15-5-2-1-3-6-15/h1-14,20H,(H,26,27,28). The number of carbonyl (C=O) groups excluding carboxylic acids is 1. The van der Waals surface area contributed by atoms with E-state index in [9.17, 15) is 4.79 Å². The Bertz CT molecular complexity index is 1220. The molecule has 0 bridgehead atoms. The highest BCUT2D eigenvalue weighted by Gasteiger charge is 2.30. The molecule has 3 heterocycles. The molecule has 28 heavy (non-hydrogen) atoms. The van der Waals surface area contributed by atoms with Crippen molar-refractivity contribution in [2.75, 3.05) is 5.32 Å². The SMILES string of the molecule is O=C1Nc2ncc(-c3ccccc3)cc2C1C=Nc1ccc2ncccc2c1. The molecule has 0 spiro atoms. The van der Waals surface area contributed by atoms with E-state index in [1.54, 1.807) is 18.6 Å². The quantitative estimate of drug-likeness (QED) is 0.534. The molecule has 0 aliphatic carbocycles. The third-order valence-electron chi connectivity index (χ3n) is 4.84. The van der Waals surface area contributed by atoms with Crippen LogP contribution in [0.1, 0.15) is 11.5 Å². The van der Waals surface area contributed by atoms with Gasteiger partial charge in [0.2, 0.25) is 5.91 Å². The lowest BCUT2D eigenvalue weighted by molar-refractivity contribution is -0.115. The van der Waals surface area contributed by atoms with E-state index in [0.717, 1.165) is 33.3 Å². The van der Waals surface area contributed by atoms with Gasteiger partial charge in [0, 0.05) is 35.1 Å². The van der Waals surface area contributed by atoms with Crippen LogP contribution in [-0.2, 0) is 4.79 Å². The number of benzene rings is 2. The number of hydrogen-bond acceptors (Lipinski definition) is 4. The normalized spacial score (nSPS) is 15.7. The topological polar surface area (TPSA) is 67.2 Å². The van der Waals surface area contributed by atoms with E-state index >= 15 is 0 Å². The summed E-state index contributed by atoms with van der Waals surface area (Å²) in [5.41, 5.74) is 4.59. The molecule has 1 aliphatic rings. The zero-order valence-corrected chi connectivity index (χ0v) is 14.9. The van der Waals surface area contributed by atoms with Crippen molar-refractivity contribution in [2.24, 2.45) is 4.99 Å². The van der Waals surface area contributed by atoms with Gasteiger partial charge in [-0.2, -0.15) is 0 Å². The first-order valence-electron chi connectivity index (χ1n) is 9.03. The number of aromatic nitrogens is 2. The Morgan fingerprint density at radius 1 is 0.929 bits per heavy atom. The summed E-state index contributed by atoms with van der Waals surface area (Å²) in [5.74, 6) is 0.0264. The van der Waals surface area contributed by atoms with Gasteiger partial charge in [-0.25, -0.2) is 4.98 Å². The van der Waals surface area contributed by atoms with Crippen molar-refractivity contribution in [3.05, 3.63) is 84.7 Å². The van der Waals surface area contributed by atoms with Crippen LogP contribution >= 0.6 is 0 Å². The number of pyridine rings is 2. The van der Waals surface area contributed by atoms with Gasteiger partial charge in [-0.1, -0.05) is 36.4 Å². The minimum absolute atomic E-state index is 0.112. The van der Waals surface area contributed by atoms with Crippen LogP contribution in [0.2, 0.25) is 0 Å². The molecule has 1 aliphatic heterocycles. The second-order valence-electron chi connectivity index (χ2n) is 6.65. The predicted octanol–water partition coefficient (Wildman–Crippen LogP) is 4.74. The van der Waals surface area contributed by atoms with E-state index in [1.807, 2.05) is 66.7 Å². The van der Waals surface area contributed by atoms with Gasteiger partial charge in [0.25, 0.3) is 0 Å². The third-order valence-corrected chi connectivity index (χ3v) is 4.84. The molecule has 1 unspecified atom stereocenters. The monoisotopic (exact) mass is 364 g/mol. The van der Waals surface area contributed by atoms with Gasteiger partial charge in [0.05, 0.1) is 11.2 Å². The number of fused-ring (bicyclic) bond motifs is 2. The molecule has 2 aromatic carbocycles. The maximum atomic E-state index is 12.5. The molecule has 1 amide bonds. The largest absolute Gasteiger partial charge is 0.310 e. The van der Waals surface area contributed by atoms with E-state index in [-0.39, 0.29) is 5.91 Å². The highest BCUT2D eigenvalue weighted by atomic mass is 16.2. The van der Waals surface area contributed by atoms with E-state index in [1.165, 1.54) is 0 Å². The summed E-state index contributed by atoms with van der Waals surface area (Å²) < 4.78 is 0. The molecule has 0 radical (unpaired) electrons. The van der Waals surface area contributed by atoms with Gasteiger partial charge in [-0.3, -0.25) is 14.8 Å². The van der Waals surface area contributed by atoms with E-state index < -0.39 is 5.92 Å². The molecule has 0 saturated heterocycles. The Morgan fingerprint density at radius 3 is 2.71 bits per heavy atom. The maximum Gasteiger partial charge on any atom is 0.238 e. The lowest BCUT2D eigenvalue weighted by Gasteiger charge is -2.06. The molecule has 1 N–H and O–H groups in total. The van der Waals surface area contributed by atoms with Crippen LogP contribution in [0, 0.1) is 0 Å². The highest BCUT2D eigenvalue weighted by Crippen LogP contribution is 2.33. The van der Waals surface area contributed by atoms with E-state index in [2.05, 4.69) is 20.3 Å². The molecule has 4 aromatic rings. The van der Waals surface area contributed by atoms with Crippen molar-refractivity contribution in [3.63, 3.8) is 0 Å². The smallest absolute Gasteiger partial charge is 0.238 e. The molecule has 5 heteroatoms. The number of rotatable bonds is 3. The summed E-state index contributed by atoms with van der Waals surface area (Å²) in [7, 11) is 0. The zero-order valence-electron chi connectivity index (χ0n) is 14.9. The molecule has 5 nitrogen and oxygen atoms in total. The molecule has 5 rings (SSSR count). The van der Waals surface area contributed by atoms with Crippen molar-refractivity contribution in [2.45, 2.75) is 5.92 Å². The Morgan fingerprint density at radius 2 is 1.82 bits per heavy atom. The van der Waals surface area contributed by atoms with Crippen molar-refractivity contribution in [1.29, 1.82) is 0 Å². The minimum Gasteiger partial charge on any atom is -0.310 e. The van der Waals surface area contributed by atoms with Crippen LogP contribution in [-0.4, -0.2) is 22.1 Å². The average Bonchev–Trinajstić information content (AvgIpc) is 3.07. The number of hydrogen-bond donors (Lipinski definition) is 1. The van der Waals surface area contributed by atoms with E-state index in [4.69, 9.17) is 0 Å². The first-order valence-corrected chi connectivity index (χ1v) is 9.03. The van der Waals surface area contributed by atoms with E-state index in [0.29, 0.717) is 5.82 Å². The Balaban J connectivity index is 1.49.